The maximum Gasteiger partial charge on any atom is 0.148 e. The number of fused-ring (bicyclic) bond motifs is 2. The zero-order chi connectivity index (χ0) is 18.6. The molecule has 0 spiro atoms. The average molecular weight is 352 g/mol. The van der Waals surface area contributed by atoms with E-state index in [0.717, 1.165) is 33.2 Å². The van der Waals surface area contributed by atoms with Crippen LogP contribution in [0.1, 0.15) is 25.2 Å². The third-order valence-corrected chi connectivity index (χ3v) is 4.45. The summed E-state index contributed by atoms with van der Waals surface area (Å²) >= 11 is 0. The molecule has 0 aliphatic rings. The minimum atomic E-state index is 0.712. The lowest BCUT2D eigenvalue weighted by atomic mass is 10.2. The van der Waals surface area contributed by atoms with E-state index in [1.807, 2.05) is 74.5 Å². The minimum Gasteiger partial charge on any atom is -0.454 e. The summed E-state index contributed by atoms with van der Waals surface area (Å²) in [5.41, 5.74) is 3.50. The van der Waals surface area contributed by atoms with Crippen molar-refractivity contribution in [2.24, 2.45) is 0 Å². The molecule has 4 rings (SSSR count). The quantitative estimate of drug-likeness (QED) is 0.409. The fourth-order valence-corrected chi connectivity index (χ4v) is 3.04. The second-order valence-corrected chi connectivity index (χ2v) is 6.19. The monoisotopic (exact) mass is 352 g/mol. The van der Waals surface area contributed by atoms with Gasteiger partial charge >= 0.3 is 0 Å². The maximum absolute atomic E-state index is 6.22. The molecule has 27 heavy (non-hydrogen) atoms. The van der Waals surface area contributed by atoms with Crippen molar-refractivity contribution in [2.75, 3.05) is 0 Å². The van der Waals surface area contributed by atoms with E-state index in [4.69, 9.17) is 14.7 Å². The van der Waals surface area contributed by atoms with Gasteiger partial charge < -0.3 is 4.74 Å². The first-order chi connectivity index (χ1) is 13.3. The Hall–Kier alpha value is -3.46. The van der Waals surface area contributed by atoms with Gasteiger partial charge in [0.25, 0.3) is 0 Å². The van der Waals surface area contributed by atoms with Gasteiger partial charge in [-0.3, -0.25) is 0 Å². The normalized spacial score (nSPS) is 12.5. The number of allylic oxidation sites excluding steroid dienone is 2. The van der Waals surface area contributed by atoms with Gasteiger partial charge in [0.05, 0.1) is 11.0 Å². The van der Waals surface area contributed by atoms with Crippen LogP contribution in [0.3, 0.4) is 0 Å². The molecule has 0 amide bonds. The highest BCUT2D eigenvalue weighted by molar-refractivity contribution is 5.82. The van der Waals surface area contributed by atoms with Crippen LogP contribution in [0.4, 0.5) is 0 Å². The summed E-state index contributed by atoms with van der Waals surface area (Å²) in [5.74, 6) is 1.42. The Morgan fingerprint density at radius 3 is 1.52 bits per heavy atom. The Kier molecular flexibility index (Phi) is 4.67. The van der Waals surface area contributed by atoms with Crippen LogP contribution in [0, 0.1) is 0 Å². The van der Waals surface area contributed by atoms with Crippen LogP contribution in [-0.2, 0) is 4.74 Å². The van der Waals surface area contributed by atoms with Gasteiger partial charge in [0.15, 0.2) is 0 Å². The molecule has 4 aromatic rings. The van der Waals surface area contributed by atoms with Crippen LogP contribution in [0.15, 0.2) is 84.9 Å². The largest absolute Gasteiger partial charge is 0.454 e. The minimum absolute atomic E-state index is 0.712. The van der Waals surface area contributed by atoms with Gasteiger partial charge in [-0.05, 0) is 50.3 Å². The van der Waals surface area contributed by atoms with Crippen LogP contribution < -0.4 is 0 Å². The molecule has 2 heterocycles. The van der Waals surface area contributed by atoms with Gasteiger partial charge in [0.1, 0.15) is 22.9 Å². The molecule has 0 atom stereocenters. The Balaban J connectivity index is 1.67. The van der Waals surface area contributed by atoms with Crippen LogP contribution in [0.25, 0.3) is 33.3 Å². The van der Waals surface area contributed by atoms with Crippen LogP contribution in [0.2, 0.25) is 0 Å². The first-order valence-corrected chi connectivity index (χ1v) is 9.01. The summed E-state index contributed by atoms with van der Waals surface area (Å²) in [6, 6.07) is 24.2. The van der Waals surface area contributed by atoms with Crippen molar-refractivity contribution in [1.29, 1.82) is 0 Å². The molecule has 0 saturated heterocycles. The molecule has 0 unspecified atom stereocenters. The van der Waals surface area contributed by atoms with Crippen molar-refractivity contribution in [3.05, 3.63) is 96.3 Å². The lowest BCUT2D eigenvalue weighted by molar-refractivity contribution is 0.465. The van der Waals surface area contributed by atoms with Crippen LogP contribution in [-0.4, -0.2) is 9.97 Å². The topological polar surface area (TPSA) is 35.0 Å². The number of para-hydroxylation sites is 2. The Labute approximate surface area is 158 Å². The van der Waals surface area contributed by atoms with E-state index in [2.05, 4.69) is 24.3 Å². The predicted molar refractivity (Wildman–Crippen MR) is 112 cm³/mol. The second-order valence-electron chi connectivity index (χ2n) is 6.19. The SMILES string of the molecule is C/C=C(\O/C(=C\C)c1ccc2ccccc2n1)c1ccc2ccccc2n1. The van der Waals surface area contributed by atoms with Gasteiger partial charge in [-0.1, -0.05) is 48.5 Å². The number of hydrogen-bond donors (Lipinski definition) is 0. The van der Waals surface area contributed by atoms with Gasteiger partial charge in [-0.15, -0.1) is 0 Å². The predicted octanol–water partition coefficient (Wildman–Crippen LogP) is 6.22. The lowest BCUT2D eigenvalue weighted by Crippen LogP contribution is -1.98. The van der Waals surface area contributed by atoms with Crippen molar-refractivity contribution in [1.82, 2.24) is 9.97 Å². The van der Waals surface area contributed by atoms with E-state index >= 15 is 0 Å². The highest BCUT2D eigenvalue weighted by atomic mass is 16.5. The van der Waals surface area contributed by atoms with Crippen molar-refractivity contribution < 1.29 is 4.74 Å². The standard InChI is InChI=1S/C24H20N2O/c1-3-23(21-15-13-17-9-5-7-11-19(17)25-21)27-24(4-2)22-16-14-18-10-6-8-12-20(18)26-22/h3-16H,1-2H3/b23-3-,24-4-. The third kappa shape index (κ3) is 3.44. The first kappa shape index (κ1) is 17.0. The number of ether oxygens (including phenoxy) is 1. The summed E-state index contributed by atoms with van der Waals surface area (Å²) in [6.07, 6.45) is 3.86. The summed E-state index contributed by atoms with van der Waals surface area (Å²) in [7, 11) is 0. The van der Waals surface area contributed by atoms with Gasteiger partial charge in [-0.25, -0.2) is 9.97 Å². The molecule has 0 saturated carbocycles. The third-order valence-electron chi connectivity index (χ3n) is 4.45. The van der Waals surface area contributed by atoms with Gasteiger partial charge in [0, 0.05) is 10.8 Å². The average Bonchev–Trinajstić information content (AvgIpc) is 2.74. The number of aromatic nitrogens is 2. The highest BCUT2D eigenvalue weighted by Crippen LogP contribution is 2.26. The molecule has 132 valence electrons. The molecule has 2 aromatic heterocycles. The molecule has 0 radical (unpaired) electrons. The van der Waals surface area contributed by atoms with Crippen molar-refractivity contribution in [2.45, 2.75) is 13.8 Å². The van der Waals surface area contributed by atoms with Crippen LogP contribution >= 0.6 is 0 Å². The number of nitrogens with zero attached hydrogens (tertiary/aromatic N) is 2. The zero-order valence-corrected chi connectivity index (χ0v) is 15.4. The van der Waals surface area contributed by atoms with E-state index < -0.39 is 0 Å². The summed E-state index contributed by atoms with van der Waals surface area (Å²) < 4.78 is 6.22. The van der Waals surface area contributed by atoms with Crippen LogP contribution in [0.5, 0.6) is 0 Å². The van der Waals surface area contributed by atoms with E-state index in [-0.39, 0.29) is 0 Å². The van der Waals surface area contributed by atoms with Gasteiger partial charge in [0.2, 0.25) is 0 Å². The smallest absolute Gasteiger partial charge is 0.148 e. The Morgan fingerprint density at radius 2 is 1.07 bits per heavy atom. The fourth-order valence-electron chi connectivity index (χ4n) is 3.04. The molecule has 0 bridgehead atoms. The summed E-state index contributed by atoms with van der Waals surface area (Å²) in [6.45, 7) is 3.90. The number of rotatable bonds is 4. The molecule has 0 aliphatic heterocycles. The van der Waals surface area contributed by atoms with Crippen molar-refractivity contribution >= 4 is 33.3 Å². The Bertz CT molecular complexity index is 1080. The maximum atomic E-state index is 6.22. The first-order valence-electron chi connectivity index (χ1n) is 9.01. The molecule has 3 nitrogen and oxygen atoms in total. The molecular formula is C24H20N2O. The molecule has 0 N–H and O–H groups in total. The summed E-state index contributed by atoms with van der Waals surface area (Å²) in [5, 5.41) is 2.22. The summed E-state index contributed by atoms with van der Waals surface area (Å²) in [4.78, 5) is 9.47. The number of pyridine rings is 2. The van der Waals surface area contributed by atoms with E-state index in [1.165, 1.54) is 0 Å². The Morgan fingerprint density at radius 1 is 0.630 bits per heavy atom. The van der Waals surface area contributed by atoms with Crippen molar-refractivity contribution in [3.8, 4) is 0 Å². The van der Waals surface area contributed by atoms with E-state index in [1.54, 1.807) is 0 Å². The zero-order valence-electron chi connectivity index (χ0n) is 15.4. The molecule has 3 heteroatoms. The fraction of sp³-hybridized carbons (Fsp3) is 0.0833. The van der Waals surface area contributed by atoms with E-state index in [9.17, 15) is 0 Å². The molecular weight excluding hydrogens is 332 g/mol. The molecule has 2 aromatic carbocycles. The second kappa shape index (κ2) is 7.42. The van der Waals surface area contributed by atoms with E-state index in [0.29, 0.717) is 11.5 Å². The number of benzene rings is 2. The lowest BCUT2D eigenvalue weighted by Gasteiger charge is -2.13. The molecule has 0 aliphatic carbocycles. The number of hydrogen-bond acceptors (Lipinski definition) is 3. The van der Waals surface area contributed by atoms with Crippen molar-refractivity contribution in [3.63, 3.8) is 0 Å². The molecule has 0 fully saturated rings. The van der Waals surface area contributed by atoms with Gasteiger partial charge in [-0.2, -0.15) is 0 Å². The highest BCUT2D eigenvalue weighted by Gasteiger charge is 2.11.